The molecule has 0 aliphatic carbocycles. The molecule has 15 heavy (non-hydrogen) atoms. The number of anilines is 1. The third kappa shape index (κ3) is 3.70. The van der Waals surface area contributed by atoms with Gasteiger partial charge in [-0.05, 0) is 28.4 Å². The number of ether oxygens (including phenoxy) is 1. The standard InChI is InChI=1S/C11H15BrFNO/c1-2-3-4-5-15-11-7-9(13)8(12)6-10(11)14/h6-7H,2-5,14H2,1H3. The van der Waals surface area contributed by atoms with Crippen LogP contribution in [0.5, 0.6) is 5.75 Å². The minimum absolute atomic E-state index is 0.352. The Balaban J connectivity index is 2.57. The summed E-state index contributed by atoms with van der Waals surface area (Å²) in [6, 6.07) is 2.83. The fourth-order valence-corrected chi connectivity index (χ4v) is 1.56. The van der Waals surface area contributed by atoms with E-state index in [1.165, 1.54) is 12.1 Å². The van der Waals surface area contributed by atoms with E-state index in [1.807, 2.05) is 0 Å². The summed E-state index contributed by atoms with van der Waals surface area (Å²) in [4.78, 5) is 0. The molecule has 0 aromatic heterocycles. The highest BCUT2D eigenvalue weighted by molar-refractivity contribution is 9.10. The molecule has 0 fully saturated rings. The van der Waals surface area contributed by atoms with Gasteiger partial charge in [-0.3, -0.25) is 0 Å². The maximum absolute atomic E-state index is 13.2. The van der Waals surface area contributed by atoms with Gasteiger partial charge in [0.2, 0.25) is 0 Å². The predicted octanol–water partition coefficient (Wildman–Crippen LogP) is 3.74. The SMILES string of the molecule is CCCCCOc1cc(F)c(Br)cc1N. The Labute approximate surface area is 97.7 Å². The van der Waals surface area contributed by atoms with Crippen LogP contribution >= 0.6 is 15.9 Å². The van der Waals surface area contributed by atoms with Gasteiger partial charge in [0.1, 0.15) is 11.6 Å². The molecule has 0 aliphatic heterocycles. The Hall–Kier alpha value is -0.770. The van der Waals surface area contributed by atoms with Crippen molar-refractivity contribution in [3.05, 3.63) is 22.4 Å². The molecule has 84 valence electrons. The molecule has 2 N–H and O–H groups in total. The van der Waals surface area contributed by atoms with Crippen molar-refractivity contribution in [2.45, 2.75) is 26.2 Å². The molecule has 0 saturated heterocycles. The zero-order chi connectivity index (χ0) is 11.3. The van der Waals surface area contributed by atoms with Crippen molar-refractivity contribution >= 4 is 21.6 Å². The molecule has 0 bridgehead atoms. The Bertz CT molecular complexity index is 331. The zero-order valence-electron chi connectivity index (χ0n) is 8.72. The number of halogens is 2. The molecule has 0 atom stereocenters. The maximum atomic E-state index is 13.2. The Morgan fingerprint density at radius 2 is 2.13 bits per heavy atom. The largest absolute Gasteiger partial charge is 0.491 e. The molecule has 0 unspecified atom stereocenters. The van der Waals surface area contributed by atoms with E-state index in [2.05, 4.69) is 22.9 Å². The summed E-state index contributed by atoms with van der Waals surface area (Å²) in [5, 5.41) is 0. The average molecular weight is 276 g/mol. The van der Waals surface area contributed by atoms with Crippen molar-refractivity contribution < 1.29 is 9.13 Å². The summed E-state index contributed by atoms with van der Waals surface area (Å²) in [6.07, 6.45) is 3.21. The lowest BCUT2D eigenvalue weighted by Crippen LogP contribution is -2.01. The molecule has 0 spiro atoms. The van der Waals surface area contributed by atoms with E-state index >= 15 is 0 Å². The molecule has 0 amide bonds. The lowest BCUT2D eigenvalue weighted by molar-refractivity contribution is 0.306. The highest BCUT2D eigenvalue weighted by atomic mass is 79.9. The fourth-order valence-electron chi connectivity index (χ4n) is 1.20. The lowest BCUT2D eigenvalue weighted by atomic mass is 10.2. The molecular weight excluding hydrogens is 261 g/mol. The number of benzene rings is 1. The average Bonchev–Trinajstić information content (AvgIpc) is 2.20. The first kappa shape index (κ1) is 12.3. The maximum Gasteiger partial charge on any atom is 0.145 e. The van der Waals surface area contributed by atoms with E-state index in [1.54, 1.807) is 0 Å². The topological polar surface area (TPSA) is 35.2 Å². The smallest absolute Gasteiger partial charge is 0.145 e. The van der Waals surface area contributed by atoms with Crippen molar-refractivity contribution in [2.24, 2.45) is 0 Å². The van der Waals surface area contributed by atoms with Gasteiger partial charge in [0.25, 0.3) is 0 Å². The number of rotatable bonds is 5. The van der Waals surface area contributed by atoms with Crippen molar-refractivity contribution in [1.82, 2.24) is 0 Å². The van der Waals surface area contributed by atoms with Crippen LogP contribution in [0.4, 0.5) is 10.1 Å². The van der Waals surface area contributed by atoms with E-state index in [-0.39, 0.29) is 5.82 Å². The molecule has 0 radical (unpaired) electrons. The number of nitrogens with two attached hydrogens (primary N) is 1. The third-order valence-electron chi connectivity index (χ3n) is 2.06. The summed E-state index contributed by atoms with van der Waals surface area (Å²) in [5.74, 6) is 0.0708. The monoisotopic (exact) mass is 275 g/mol. The van der Waals surface area contributed by atoms with Crippen LogP contribution in [-0.2, 0) is 0 Å². The first-order valence-electron chi connectivity index (χ1n) is 5.02. The van der Waals surface area contributed by atoms with Gasteiger partial charge in [-0.15, -0.1) is 0 Å². The minimum Gasteiger partial charge on any atom is -0.491 e. The van der Waals surface area contributed by atoms with Crippen LogP contribution in [0.1, 0.15) is 26.2 Å². The Kier molecular flexibility index (Phi) is 4.88. The quantitative estimate of drug-likeness (QED) is 0.656. The minimum atomic E-state index is -0.352. The van der Waals surface area contributed by atoms with Crippen LogP contribution in [-0.4, -0.2) is 6.61 Å². The molecule has 0 aliphatic rings. The highest BCUT2D eigenvalue weighted by Crippen LogP contribution is 2.28. The van der Waals surface area contributed by atoms with Gasteiger partial charge in [-0.25, -0.2) is 4.39 Å². The number of unbranched alkanes of at least 4 members (excludes halogenated alkanes) is 2. The van der Waals surface area contributed by atoms with Gasteiger partial charge in [-0.2, -0.15) is 0 Å². The van der Waals surface area contributed by atoms with Crippen LogP contribution < -0.4 is 10.5 Å². The normalized spacial score (nSPS) is 10.3. The van der Waals surface area contributed by atoms with E-state index in [9.17, 15) is 4.39 Å². The number of hydrogen-bond donors (Lipinski definition) is 1. The summed E-state index contributed by atoms with van der Waals surface area (Å²) in [7, 11) is 0. The van der Waals surface area contributed by atoms with Gasteiger partial charge < -0.3 is 10.5 Å². The molecule has 0 heterocycles. The molecule has 1 aromatic carbocycles. The second-order valence-electron chi connectivity index (χ2n) is 3.36. The van der Waals surface area contributed by atoms with Gasteiger partial charge in [0.05, 0.1) is 16.8 Å². The van der Waals surface area contributed by atoms with E-state index in [0.29, 0.717) is 22.5 Å². The van der Waals surface area contributed by atoms with Crippen LogP contribution in [0.2, 0.25) is 0 Å². The molecule has 4 heteroatoms. The molecule has 2 nitrogen and oxygen atoms in total. The van der Waals surface area contributed by atoms with E-state index in [0.717, 1.165) is 19.3 Å². The van der Waals surface area contributed by atoms with Gasteiger partial charge in [0, 0.05) is 6.07 Å². The predicted molar refractivity (Wildman–Crippen MR) is 63.5 cm³/mol. The number of hydrogen-bond acceptors (Lipinski definition) is 2. The molecular formula is C11H15BrFNO. The zero-order valence-corrected chi connectivity index (χ0v) is 10.3. The Morgan fingerprint density at radius 3 is 2.80 bits per heavy atom. The summed E-state index contributed by atoms with van der Waals surface area (Å²) in [5.41, 5.74) is 6.14. The fraction of sp³-hybridized carbons (Fsp3) is 0.455. The van der Waals surface area contributed by atoms with Crippen LogP contribution in [0, 0.1) is 5.82 Å². The Morgan fingerprint density at radius 1 is 1.40 bits per heavy atom. The van der Waals surface area contributed by atoms with Crippen molar-refractivity contribution in [3.63, 3.8) is 0 Å². The van der Waals surface area contributed by atoms with Crippen molar-refractivity contribution in [2.75, 3.05) is 12.3 Å². The summed E-state index contributed by atoms with van der Waals surface area (Å²) < 4.78 is 18.9. The first-order valence-corrected chi connectivity index (χ1v) is 5.81. The van der Waals surface area contributed by atoms with Gasteiger partial charge >= 0.3 is 0 Å². The summed E-state index contributed by atoms with van der Waals surface area (Å²) >= 11 is 3.06. The van der Waals surface area contributed by atoms with Crippen LogP contribution in [0.3, 0.4) is 0 Å². The van der Waals surface area contributed by atoms with Crippen LogP contribution in [0.15, 0.2) is 16.6 Å². The van der Waals surface area contributed by atoms with Crippen molar-refractivity contribution in [3.8, 4) is 5.75 Å². The summed E-state index contributed by atoms with van der Waals surface area (Å²) in [6.45, 7) is 2.70. The lowest BCUT2D eigenvalue weighted by Gasteiger charge is -2.09. The number of nitrogen functional groups attached to an aromatic ring is 1. The third-order valence-corrected chi connectivity index (χ3v) is 2.67. The van der Waals surface area contributed by atoms with Crippen LogP contribution in [0.25, 0.3) is 0 Å². The molecule has 1 rings (SSSR count). The van der Waals surface area contributed by atoms with Gasteiger partial charge in [-0.1, -0.05) is 19.8 Å². The van der Waals surface area contributed by atoms with Crippen molar-refractivity contribution in [1.29, 1.82) is 0 Å². The van der Waals surface area contributed by atoms with Gasteiger partial charge in [0.15, 0.2) is 0 Å². The second-order valence-corrected chi connectivity index (χ2v) is 4.21. The van der Waals surface area contributed by atoms with E-state index in [4.69, 9.17) is 10.5 Å². The molecule has 1 aromatic rings. The molecule has 0 saturated carbocycles. The first-order chi connectivity index (χ1) is 7.15. The van der Waals surface area contributed by atoms with E-state index < -0.39 is 0 Å². The second kappa shape index (κ2) is 5.95. The highest BCUT2D eigenvalue weighted by Gasteiger charge is 2.06.